The molecule has 2 amide bonds. The fourth-order valence-electron chi connectivity index (χ4n) is 4.55. The minimum Gasteiger partial charge on any atom is -0.389 e. The number of aliphatic hydroxyl groups is 1. The van der Waals surface area contributed by atoms with Gasteiger partial charge in [0.15, 0.2) is 0 Å². The van der Waals surface area contributed by atoms with Gasteiger partial charge in [-0.25, -0.2) is 0 Å². The number of hydrogen-bond donors (Lipinski definition) is 2. The van der Waals surface area contributed by atoms with Crippen LogP contribution >= 0.6 is 0 Å². The molecule has 0 bridgehead atoms. The summed E-state index contributed by atoms with van der Waals surface area (Å²) in [5.74, 6) is 0.0317. The van der Waals surface area contributed by atoms with E-state index in [0.29, 0.717) is 31.9 Å². The highest BCUT2D eigenvalue weighted by Gasteiger charge is 2.40. The Morgan fingerprint density at radius 2 is 1.90 bits per heavy atom. The summed E-state index contributed by atoms with van der Waals surface area (Å²) in [4.78, 5) is 27.2. The Morgan fingerprint density at radius 3 is 2.63 bits per heavy atom. The van der Waals surface area contributed by atoms with E-state index in [-0.39, 0.29) is 43.2 Å². The van der Waals surface area contributed by atoms with Gasteiger partial charge in [-0.1, -0.05) is 30.3 Å². The van der Waals surface area contributed by atoms with E-state index in [1.165, 1.54) is 6.42 Å². The molecule has 1 aromatic carbocycles. The summed E-state index contributed by atoms with van der Waals surface area (Å²) >= 11 is 0. The van der Waals surface area contributed by atoms with Crippen LogP contribution in [-0.4, -0.2) is 72.0 Å². The largest absolute Gasteiger partial charge is 0.389 e. The van der Waals surface area contributed by atoms with Gasteiger partial charge >= 0.3 is 0 Å². The molecular weight excluding hydrogens is 384 g/mol. The predicted molar refractivity (Wildman–Crippen MR) is 111 cm³/mol. The number of β-amino-alcohol motifs (C(OH)–C–C–N with tert-alkyl or cyclic N) is 1. The molecule has 2 heterocycles. The number of rotatable bonds is 5. The zero-order valence-electron chi connectivity index (χ0n) is 17.4. The number of nitrogens with one attached hydrogen (secondary N) is 1. The summed E-state index contributed by atoms with van der Waals surface area (Å²) in [6.07, 6.45) is 4.25. The molecule has 164 valence electrons. The first-order chi connectivity index (χ1) is 14.6. The van der Waals surface area contributed by atoms with E-state index in [0.717, 1.165) is 24.8 Å². The first-order valence-electron chi connectivity index (χ1n) is 11.1. The van der Waals surface area contributed by atoms with Crippen LogP contribution in [0.15, 0.2) is 30.3 Å². The average Bonchev–Trinajstić information content (AvgIpc) is 2.69. The van der Waals surface area contributed by atoms with E-state index in [4.69, 9.17) is 9.47 Å². The van der Waals surface area contributed by atoms with Crippen LogP contribution in [0, 0.1) is 0 Å². The minimum absolute atomic E-state index is 0.0121. The van der Waals surface area contributed by atoms with E-state index in [2.05, 4.69) is 5.32 Å². The molecule has 1 aromatic rings. The standard InChI is InChI=1S/C23H32N2O5/c26-18-13-25(23(28)11-16-5-2-1-3-6-16)20-10-9-19(30-21(20)15-29-14-18)12-22(27)24-17-7-4-8-17/h1-3,5-6,17-21,26H,4,7-15H2,(H,24,27)/t18-,19+,20-,21+/m0/s1. The van der Waals surface area contributed by atoms with Gasteiger partial charge in [0.25, 0.3) is 0 Å². The maximum Gasteiger partial charge on any atom is 0.227 e. The summed E-state index contributed by atoms with van der Waals surface area (Å²) in [7, 11) is 0. The number of carbonyl (C=O) groups is 2. The SMILES string of the molecule is O=C(C[C@H]1CC[C@H]2[C@@H](COC[C@@H](O)CN2C(=O)Cc2ccccc2)O1)NC1CCC1. The second-order valence-corrected chi connectivity index (χ2v) is 8.74. The second-order valence-electron chi connectivity index (χ2n) is 8.74. The van der Waals surface area contributed by atoms with Gasteiger partial charge in [-0.15, -0.1) is 0 Å². The van der Waals surface area contributed by atoms with Crippen molar-refractivity contribution >= 4 is 11.8 Å². The van der Waals surface area contributed by atoms with Gasteiger partial charge in [-0.05, 0) is 37.7 Å². The lowest BCUT2D eigenvalue weighted by molar-refractivity contribution is -0.169. The molecule has 0 spiro atoms. The fraction of sp³-hybridized carbons (Fsp3) is 0.652. The van der Waals surface area contributed by atoms with Crippen LogP contribution in [0.2, 0.25) is 0 Å². The van der Waals surface area contributed by atoms with E-state index in [1.54, 1.807) is 4.90 Å². The van der Waals surface area contributed by atoms with Gasteiger partial charge < -0.3 is 24.8 Å². The average molecular weight is 417 g/mol. The zero-order chi connectivity index (χ0) is 20.9. The number of fused-ring (bicyclic) bond motifs is 1. The van der Waals surface area contributed by atoms with Crippen LogP contribution in [0.5, 0.6) is 0 Å². The topological polar surface area (TPSA) is 88.1 Å². The highest BCUT2D eigenvalue weighted by atomic mass is 16.5. The third kappa shape index (κ3) is 5.39. The van der Waals surface area contributed by atoms with Gasteiger partial charge in [0, 0.05) is 12.6 Å². The van der Waals surface area contributed by atoms with E-state index in [9.17, 15) is 14.7 Å². The molecule has 0 radical (unpaired) electrons. The molecule has 2 N–H and O–H groups in total. The van der Waals surface area contributed by atoms with Crippen LogP contribution in [0.25, 0.3) is 0 Å². The van der Waals surface area contributed by atoms with E-state index >= 15 is 0 Å². The molecule has 4 atom stereocenters. The van der Waals surface area contributed by atoms with Crippen LogP contribution in [0.1, 0.15) is 44.1 Å². The first kappa shape index (κ1) is 21.3. The van der Waals surface area contributed by atoms with E-state index < -0.39 is 6.10 Å². The van der Waals surface area contributed by atoms with Gasteiger partial charge in [0.05, 0.1) is 44.3 Å². The molecule has 30 heavy (non-hydrogen) atoms. The van der Waals surface area contributed by atoms with Crippen molar-refractivity contribution in [3.05, 3.63) is 35.9 Å². The Hall–Kier alpha value is -1.96. The highest BCUT2D eigenvalue weighted by Crippen LogP contribution is 2.28. The number of ether oxygens (including phenoxy) is 2. The third-order valence-corrected chi connectivity index (χ3v) is 6.38. The maximum absolute atomic E-state index is 13.1. The van der Waals surface area contributed by atoms with Crippen LogP contribution in [0.4, 0.5) is 0 Å². The number of carbonyl (C=O) groups excluding carboxylic acids is 2. The molecule has 2 aliphatic heterocycles. The van der Waals surface area contributed by atoms with Crippen LogP contribution in [0.3, 0.4) is 0 Å². The summed E-state index contributed by atoms with van der Waals surface area (Å²) in [5, 5.41) is 13.3. The monoisotopic (exact) mass is 416 g/mol. The summed E-state index contributed by atoms with van der Waals surface area (Å²) in [6.45, 7) is 0.731. The van der Waals surface area contributed by atoms with E-state index in [1.807, 2.05) is 30.3 Å². The molecular formula is C23H32N2O5. The minimum atomic E-state index is -0.711. The van der Waals surface area contributed by atoms with Crippen molar-refractivity contribution in [2.45, 2.75) is 75.3 Å². The summed E-state index contributed by atoms with van der Waals surface area (Å²) in [5.41, 5.74) is 0.953. The Labute approximate surface area is 177 Å². The molecule has 0 aromatic heterocycles. The molecule has 0 unspecified atom stereocenters. The first-order valence-corrected chi connectivity index (χ1v) is 11.1. The number of hydrogen-bond acceptors (Lipinski definition) is 5. The fourth-order valence-corrected chi connectivity index (χ4v) is 4.55. The lowest BCUT2D eigenvalue weighted by Crippen LogP contribution is -2.58. The van der Waals surface area contributed by atoms with Crippen molar-refractivity contribution in [3.8, 4) is 0 Å². The van der Waals surface area contributed by atoms with Crippen LogP contribution in [-0.2, 0) is 25.5 Å². The number of benzene rings is 1. The van der Waals surface area contributed by atoms with Gasteiger partial charge in [-0.3, -0.25) is 9.59 Å². The molecule has 2 saturated heterocycles. The lowest BCUT2D eigenvalue weighted by atomic mass is 9.92. The predicted octanol–water partition coefficient (Wildman–Crippen LogP) is 1.42. The number of amides is 2. The maximum atomic E-state index is 13.1. The van der Waals surface area contributed by atoms with Crippen molar-refractivity contribution < 1.29 is 24.2 Å². The lowest BCUT2D eigenvalue weighted by Gasteiger charge is -2.44. The molecule has 4 rings (SSSR count). The van der Waals surface area contributed by atoms with Crippen LogP contribution < -0.4 is 5.32 Å². The molecule has 3 fully saturated rings. The van der Waals surface area contributed by atoms with Crippen molar-refractivity contribution in [2.24, 2.45) is 0 Å². The van der Waals surface area contributed by atoms with Gasteiger partial charge in [0.2, 0.25) is 11.8 Å². The molecule has 7 nitrogen and oxygen atoms in total. The van der Waals surface area contributed by atoms with Crippen molar-refractivity contribution in [2.75, 3.05) is 19.8 Å². The smallest absolute Gasteiger partial charge is 0.227 e. The Kier molecular flexibility index (Phi) is 7.02. The molecule has 1 saturated carbocycles. The normalized spacial score (nSPS) is 29.8. The summed E-state index contributed by atoms with van der Waals surface area (Å²) < 4.78 is 11.9. The highest BCUT2D eigenvalue weighted by molar-refractivity contribution is 5.79. The Bertz CT molecular complexity index is 724. The molecule has 1 aliphatic carbocycles. The third-order valence-electron chi connectivity index (χ3n) is 6.38. The molecule has 7 heteroatoms. The van der Waals surface area contributed by atoms with Crippen molar-refractivity contribution in [1.29, 1.82) is 0 Å². The summed E-state index contributed by atoms with van der Waals surface area (Å²) in [6, 6.07) is 9.82. The zero-order valence-corrected chi connectivity index (χ0v) is 17.4. The van der Waals surface area contributed by atoms with Crippen molar-refractivity contribution in [1.82, 2.24) is 10.2 Å². The molecule has 3 aliphatic rings. The second kappa shape index (κ2) is 9.90. The number of nitrogens with zero attached hydrogens (tertiary/aromatic N) is 1. The van der Waals surface area contributed by atoms with Crippen molar-refractivity contribution in [3.63, 3.8) is 0 Å². The Balaban J connectivity index is 1.39. The Morgan fingerprint density at radius 1 is 1.10 bits per heavy atom. The number of aliphatic hydroxyl groups excluding tert-OH is 1. The van der Waals surface area contributed by atoms with Gasteiger partial charge in [0.1, 0.15) is 6.10 Å². The van der Waals surface area contributed by atoms with Gasteiger partial charge in [-0.2, -0.15) is 0 Å². The quantitative estimate of drug-likeness (QED) is 0.758.